The van der Waals surface area contributed by atoms with Gasteiger partial charge in [0, 0.05) is 12.8 Å². The van der Waals surface area contributed by atoms with Gasteiger partial charge in [0.25, 0.3) is 0 Å². The average Bonchev–Trinajstić information content (AvgIpc) is 3.26. The predicted molar refractivity (Wildman–Crippen MR) is 233 cm³/mol. The smallest absolute Gasteiger partial charge is 0.306 e. The maximum absolute atomic E-state index is 12.9. The number of rotatable bonds is 34. The Hall–Kier alpha value is -2.54. The molecule has 0 saturated carbocycles. The monoisotopic (exact) mass is 885 g/mol. The maximum Gasteiger partial charge on any atom is 0.306 e. The molecule has 2 fully saturated rings. The molecule has 0 amide bonds. The lowest BCUT2D eigenvalue weighted by Gasteiger charge is -2.42. The Kier molecular flexibility index (Phi) is 31.2. The van der Waals surface area contributed by atoms with Crippen LogP contribution in [0.15, 0.2) is 48.6 Å². The van der Waals surface area contributed by atoms with Crippen LogP contribution in [0.3, 0.4) is 0 Å². The van der Waals surface area contributed by atoms with Gasteiger partial charge in [-0.3, -0.25) is 9.59 Å². The van der Waals surface area contributed by atoms with Crippen LogP contribution in [0.2, 0.25) is 0 Å². The third kappa shape index (κ3) is 23.4. The van der Waals surface area contributed by atoms with Crippen molar-refractivity contribution in [2.24, 2.45) is 0 Å². The van der Waals surface area contributed by atoms with Crippen LogP contribution in [0, 0.1) is 0 Å². The van der Waals surface area contributed by atoms with Crippen molar-refractivity contribution in [3.63, 3.8) is 0 Å². The molecule has 0 aromatic heterocycles. The highest BCUT2D eigenvalue weighted by Crippen LogP contribution is 2.26. The number of ether oxygens (including phenoxy) is 6. The van der Waals surface area contributed by atoms with Crippen molar-refractivity contribution >= 4 is 11.9 Å². The Bertz CT molecular complexity index is 1270. The van der Waals surface area contributed by atoms with Crippen LogP contribution >= 0.6 is 0 Å². The van der Waals surface area contributed by atoms with Gasteiger partial charge >= 0.3 is 11.9 Å². The average molecular weight is 885 g/mol. The van der Waals surface area contributed by atoms with E-state index < -0.39 is 99.3 Å². The van der Waals surface area contributed by atoms with E-state index in [4.69, 9.17) is 28.4 Å². The van der Waals surface area contributed by atoms with Gasteiger partial charge in [0.15, 0.2) is 18.7 Å². The standard InChI is InChI=1S/C47H80O15/c1-3-5-7-9-11-13-15-17-19-21-23-25-27-29-38(49)57-32-35(60-39(50)30-28-26-24-22-20-18-16-14-12-10-8-6-4-2)33-58-46-45(56)43(54)41(52)37(62-46)34-59-47-44(55)42(53)40(51)36(31-48)61-47/h6,8,12-15,18,20,35-37,40-48,51-56H,3-5,7,9-11,16-17,19,21-34H2,1-2H3/b8-6-,14-12-,15-13-,20-18-. The van der Waals surface area contributed by atoms with Gasteiger partial charge in [0.2, 0.25) is 0 Å². The Labute approximate surface area is 369 Å². The zero-order chi connectivity index (χ0) is 45.4. The molecule has 2 aliphatic heterocycles. The molecule has 7 N–H and O–H groups in total. The topological polar surface area (TPSA) is 231 Å². The second-order valence-corrected chi connectivity index (χ2v) is 16.2. The molecule has 2 rings (SSSR count). The van der Waals surface area contributed by atoms with Crippen molar-refractivity contribution < 1.29 is 73.8 Å². The lowest BCUT2D eigenvalue weighted by atomic mass is 9.98. The molecule has 2 saturated heterocycles. The van der Waals surface area contributed by atoms with E-state index in [-0.39, 0.29) is 19.4 Å². The minimum atomic E-state index is -1.77. The minimum absolute atomic E-state index is 0.127. The number of aliphatic hydroxyl groups is 7. The van der Waals surface area contributed by atoms with Crippen LogP contribution in [-0.4, -0.2) is 142 Å². The quantitative estimate of drug-likeness (QED) is 0.0252. The number of carbonyl (C=O) groups excluding carboxylic acids is 2. The normalized spacial score (nSPS) is 27.5. The van der Waals surface area contributed by atoms with Crippen LogP contribution in [0.5, 0.6) is 0 Å². The number of hydrogen-bond acceptors (Lipinski definition) is 15. The van der Waals surface area contributed by atoms with Crippen LogP contribution in [-0.2, 0) is 38.0 Å². The summed E-state index contributed by atoms with van der Waals surface area (Å²) in [6.45, 7) is 2.39. The fourth-order valence-corrected chi connectivity index (χ4v) is 6.93. The fraction of sp³-hybridized carbons (Fsp3) is 0.787. The summed E-state index contributed by atoms with van der Waals surface area (Å²) in [4.78, 5) is 25.6. The first-order valence-corrected chi connectivity index (χ1v) is 23.2. The van der Waals surface area contributed by atoms with Gasteiger partial charge in [0.1, 0.15) is 55.4 Å². The molecule has 0 spiro atoms. The summed E-state index contributed by atoms with van der Waals surface area (Å²) in [5, 5.41) is 71.9. The van der Waals surface area contributed by atoms with E-state index in [1.807, 2.05) is 0 Å². The number of unbranched alkanes of at least 4 members (excludes halogenated alkanes) is 12. The van der Waals surface area contributed by atoms with Gasteiger partial charge in [-0.15, -0.1) is 0 Å². The number of aliphatic hydroxyl groups excluding tert-OH is 7. The fourth-order valence-electron chi connectivity index (χ4n) is 6.93. The molecule has 0 aliphatic carbocycles. The molecule has 15 nitrogen and oxygen atoms in total. The molecule has 0 aromatic carbocycles. The molecule has 15 heteroatoms. The van der Waals surface area contributed by atoms with Crippen molar-refractivity contribution in [3.05, 3.63) is 48.6 Å². The maximum atomic E-state index is 12.9. The molecule has 358 valence electrons. The Balaban J connectivity index is 1.87. The third-order valence-electron chi connectivity index (χ3n) is 10.8. The van der Waals surface area contributed by atoms with Crippen molar-refractivity contribution in [2.75, 3.05) is 26.4 Å². The third-order valence-corrected chi connectivity index (χ3v) is 10.8. The highest BCUT2D eigenvalue weighted by Gasteiger charge is 2.47. The summed E-state index contributed by atoms with van der Waals surface area (Å²) in [5.41, 5.74) is 0. The molecule has 2 aliphatic rings. The summed E-state index contributed by atoms with van der Waals surface area (Å²) in [6.07, 6.45) is 18.7. The lowest BCUT2D eigenvalue weighted by molar-refractivity contribution is -0.332. The zero-order valence-electron chi connectivity index (χ0n) is 37.3. The van der Waals surface area contributed by atoms with Crippen molar-refractivity contribution in [2.45, 2.75) is 210 Å². The Morgan fingerprint density at radius 1 is 0.532 bits per heavy atom. The van der Waals surface area contributed by atoms with Gasteiger partial charge in [-0.2, -0.15) is 0 Å². The molecule has 11 unspecified atom stereocenters. The first-order valence-electron chi connectivity index (χ1n) is 23.2. The first-order chi connectivity index (χ1) is 30.0. The molecule has 0 bridgehead atoms. The van der Waals surface area contributed by atoms with E-state index in [9.17, 15) is 45.3 Å². The van der Waals surface area contributed by atoms with E-state index in [2.05, 4.69) is 62.5 Å². The predicted octanol–water partition coefficient (Wildman–Crippen LogP) is 5.15. The molecule has 0 radical (unpaired) electrons. The minimum Gasteiger partial charge on any atom is -0.462 e. The molecular formula is C47H80O15. The van der Waals surface area contributed by atoms with E-state index in [0.717, 1.165) is 77.0 Å². The summed E-state index contributed by atoms with van der Waals surface area (Å²) < 4.78 is 33.4. The van der Waals surface area contributed by atoms with Crippen molar-refractivity contribution in [1.29, 1.82) is 0 Å². The number of allylic oxidation sites excluding steroid dienone is 8. The van der Waals surface area contributed by atoms with Gasteiger partial charge in [-0.25, -0.2) is 0 Å². The van der Waals surface area contributed by atoms with E-state index >= 15 is 0 Å². The number of esters is 2. The van der Waals surface area contributed by atoms with Gasteiger partial charge in [-0.1, -0.05) is 107 Å². The summed E-state index contributed by atoms with van der Waals surface area (Å²) in [5.74, 6) is -0.975. The summed E-state index contributed by atoms with van der Waals surface area (Å²) in [7, 11) is 0. The number of carbonyl (C=O) groups is 2. The molecule has 2 heterocycles. The van der Waals surface area contributed by atoms with Crippen LogP contribution < -0.4 is 0 Å². The van der Waals surface area contributed by atoms with Crippen molar-refractivity contribution in [3.8, 4) is 0 Å². The Morgan fingerprint density at radius 3 is 1.63 bits per heavy atom. The first kappa shape index (κ1) is 55.6. The molecular weight excluding hydrogens is 805 g/mol. The van der Waals surface area contributed by atoms with Crippen LogP contribution in [0.25, 0.3) is 0 Å². The van der Waals surface area contributed by atoms with E-state index in [0.29, 0.717) is 12.8 Å². The van der Waals surface area contributed by atoms with Crippen LogP contribution in [0.1, 0.15) is 142 Å². The van der Waals surface area contributed by atoms with E-state index in [1.165, 1.54) is 25.7 Å². The second-order valence-electron chi connectivity index (χ2n) is 16.2. The highest BCUT2D eigenvalue weighted by molar-refractivity contribution is 5.70. The summed E-state index contributed by atoms with van der Waals surface area (Å²) in [6, 6.07) is 0. The summed E-state index contributed by atoms with van der Waals surface area (Å²) >= 11 is 0. The highest BCUT2D eigenvalue weighted by atomic mass is 16.7. The lowest BCUT2D eigenvalue weighted by Crippen LogP contribution is -2.61. The molecule has 62 heavy (non-hydrogen) atoms. The molecule has 11 atom stereocenters. The SMILES string of the molecule is CC/C=C\C/C=C\C/C=C\CCCCCC(=O)OC(COC(=O)CCCCCCC/C=C\CCCCCC)COC1OC(COC2OC(CO)C(O)C(O)C2O)C(O)C(O)C1O. The molecule has 0 aromatic rings. The van der Waals surface area contributed by atoms with E-state index in [1.54, 1.807) is 0 Å². The largest absolute Gasteiger partial charge is 0.462 e. The zero-order valence-corrected chi connectivity index (χ0v) is 37.3. The Morgan fingerprint density at radius 2 is 1.02 bits per heavy atom. The van der Waals surface area contributed by atoms with Gasteiger partial charge in [-0.05, 0) is 70.6 Å². The van der Waals surface area contributed by atoms with Gasteiger partial charge in [0.05, 0.1) is 19.8 Å². The van der Waals surface area contributed by atoms with Crippen LogP contribution in [0.4, 0.5) is 0 Å². The number of hydrogen-bond donors (Lipinski definition) is 7. The second kappa shape index (κ2) is 34.8. The van der Waals surface area contributed by atoms with Gasteiger partial charge < -0.3 is 64.2 Å². The van der Waals surface area contributed by atoms with Crippen molar-refractivity contribution in [1.82, 2.24) is 0 Å².